The van der Waals surface area contributed by atoms with E-state index >= 15 is 0 Å². The summed E-state index contributed by atoms with van der Waals surface area (Å²) in [5, 5.41) is 3.44. The summed E-state index contributed by atoms with van der Waals surface area (Å²) in [4.78, 5) is 9.42. The predicted molar refractivity (Wildman–Crippen MR) is 84.2 cm³/mol. The van der Waals surface area contributed by atoms with E-state index < -0.39 is 0 Å². The number of anilines is 1. The Labute approximate surface area is 123 Å². The van der Waals surface area contributed by atoms with Crippen molar-refractivity contribution < 1.29 is 4.74 Å². The second-order valence-corrected chi connectivity index (χ2v) is 5.91. The first kappa shape index (κ1) is 16.9. The van der Waals surface area contributed by atoms with Gasteiger partial charge in [0.1, 0.15) is 11.9 Å². The van der Waals surface area contributed by atoms with E-state index in [2.05, 4.69) is 51.8 Å². The molecule has 20 heavy (non-hydrogen) atoms. The van der Waals surface area contributed by atoms with Crippen molar-refractivity contribution in [3.8, 4) is 0 Å². The number of ether oxygens (including phenoxy) is 1. The Kier molecular flexibility index (Phi) is 6.40. The Morgan fingerprint density at radius 3 is 2.25 bits per heavy atom. The molecule has 0 spiro atoms. The first-order valence-corrected chi connectivity index (χ1v) is 7.57. The molecule has 0 saturated heterocycles. The lowest BCUT2D eigenvalue weighted by Crippen LogP contribution is -2.17. The predicted octanol–water partition coefficient (Wildman–Crippen LogP) is 4.07. The molecule has 4 heteroatoms. The second kappa shape index (κ2) is 7.58. The molecule has 1 N–H and O–H groups in total. The molecule has 1 heterocycles. The van der Waals surface area contributed by atoms with E-state index in [1.807, 2.05) is 0 Å². The van der Waals surface area contributed by atoms with Gasteiger partial charge in [-0.3, -0.25) is 0 Å². The number of hydrogen-bond donors (Lipinski definition) is 1. The maximum Gasteiger partial charge on any atom is 0.159 e. The molecule has 1 rings (SSSR count). The Hall–Kier alpha value is -1.16. The molecular formula is C16H29N3O. The zero-order valence-corrected chi connectivity index (χ0v) is 13.9. The molecule has 4 nitrogen and oxygen atoms in total. The third kappa shape index (κ3) is 3.92. The Morgan fingerprint density at radius 2 is 1.80 bits per heavy atom. The number of rotatable bonds is 7. The summed E-state index contributed by atoms with van der Waals surface area (Å²) in [6.45, 7) is 13.8. The monoisotopic (exact) mass is 279 g/mol. The van der Waals surface area contributed by atoms with Gasteiger partial charge in [-0.2, -0.15) is 0 Å². The number of hydrogen-bond acceptors (Lipinski definition) is 4. The number of aryl methyl sites for hydroxylation is 1. The van der Waals surface area contributed by atoms with Crippen LogP contribution in [0.15, 0.2) is 0 Å². The Balaban J connectivity index is 3.26. The zero-order chi connectivity index (χ0) is 15.3. The normalized spacial score (nSPS) is 13.1. The van der Waals surface area contributed by atoms with Crippen LogP contribution in [0.1, 0.15) is 70.1 Å². The molecule has 0 aromatic carbocycles. The molecule has 0 amide bonds. The molecule has 1 unspecified atom stereocenters. The summed E-state index contributed by atoms with van der Waals surface area (Å²) < 4.78 is 5.56. The summed E-state index contributed by atoms with van der Waals surface area (Å²) in [6.07, 6.45) is 1.02. The van der Waals surface area contributed by atoms with E-state index in [0.29, 0.717) is 11.8 Å². The molecule has 0 saturated carbocycles. The molecule has 1 atom stereocenters. The lowest BCUT2D eigenvalue weighted by molar-refractivity contribution is 0.0574. The number of methoxy groups -OCH3 is 1. The van der Waals surface area contributed by atoms with Crippen molar-refractivity contribution >= 4 is 5.82 Å². The van der Waals surface area contributed by atoms with E-state index in [-0.39, 0.29) is 6.10 Å². The van der Waals surface area contributed by atoms with Crippen LogP contribution in [0.25, 0.3) is 0 Å². The van der Waals surface area contributed by atoms with Crippen molar-refractivity contribution in [3.63, 3.8) is 0 Å². The minimum atomic E-state index is -0.0583. The highest BCUT2D eigenvalue weighted by Gasteiger charge is 2.22. The van der Waals surface area contributed by atoms with E-state index in [1.54, 1.807) is 7.11 Å². The molecule has 0 aliphatic rings. The van der Waals surface area contributed by atoms with E-state index in [4.69, 9.17) is 9.72 Å². The van der Waals surface area contributed by atoms with Gasteiger partial charge >= 0.3 is 0 Å². The largest absolute Gasteiger partial charge is 0.373 e. The molecule has 0 aliphatic carbocycles. The summed E-state index contributed by atoms with van der Waals surface area (Å²) >= 11 is 0. The maximum absolute atomic E-state index is 5.56. The molecule has 0 aliphatic heterocycles. The summed E-state index contributed by atoms with van der Waals surface area (Å²) in [7, 11) is 1.72. The van der Waals surface area contributed by atoms with Gasteiger partial charge in [0.15, 0.2) is 5.82 Å². The van der Waals surface area contributed by atoms with Crippen molar-refractivity contribution in [2.24, 2.45) is 5.92 Å². The van der Waals surface area contributed by atoms with Crippen molar-refractivity contribution in [2.45, 2.75) is 60.0 Å². The van der Waals surface area contributed by atoms with Gasteiger partial charge in [-0.25, -0.2) is 9.97 Å². The van der Waals surface area contributed by atoms with Crippen LogP contribution in [0.4, 0.5) is 5.82 Å². The molecule has 0 bridgehead atoms. The molecule has 1 aromatic rings. The molecule has 0 radical (unpaired) electrons. The van der Waals surface area contributed by atoms with Crippen molar-refractivity contribution in [3.05, 3.63) is 17.1 Å². The first-order chi connectivity index (χ1) is 9.42. The van der Waals surface area contributed by atoms with Crippen LogP contribution >= 0.6 is 0 Å². The number of nitrogens with one attached hydrogen (secondary N) is 1. The van der Waals surface area contributed by atoms with Crippen molar-refractivity contribution in [1.29, 1.82) is 0 Å². The SMILES string of the molecule is CCCNc1nc(C(OC)C(C)C)nc(C)c1C(C)C. The van der Waals surface area contributed by atoms with E-state index in [1.165, 1.54) is 5.56 Å². The van der Waals surface area contributed by atoms with E-state index in [0.717, 1.165) is 30.3 Å². The van der Waals surface area contributed by atoms with Crippen molar-refractivity contribution in [2.75, 3.05) is 19.0 Å². The van der Waals surface area contributed by atoms with Gasteiger partial charge in [0.2, 0.25) is 0 Å². The average molecular weight is 279 g/mol. The van der Waals surface area contributed by atoms with E-state index in [9.17, 15) is 0 Å². The van der Waals surface area contributed by atoms with Gasteiger partial charge in [-0.1, -0.05) is 34.6 Å². The minimum Gasteiger partial charge on any atom is -0.373 e. The van der Waals surface area contributed by atoms with Gasteiger partial charge < -0.3 is 10.1 Å². The third-order valence-electron chi connectivity index (χ3n) is 3.39. The second-order valence-electron chi connectivity index (χ2n) is 5.91. The van der Waals surface area contributed by atoms with Crippen LogP contribution in [0, 0.1) is 12.8 Å². The number of aromatic nitrogens is 2. The fourth-order valence-electron chi connectivity index (χ4n) is 2.48. The number of nitrogens with zero attached hydrogens (tertiary/aromatic N) is 2. The first-order valence-electron chi connectivity index (χ1n) is 7.57. The van der Waals surface area contributed by atoms with Gasteiger partial charge in [0, 0.05) is 24.9 Å². The molecular weight excluding hydrogens is 250 g/mol. The molecule has 1 aromatic heterocycles. The van der Waals surface area contributed by atoms with Gasteiger partial charge in [0.25, 0.3) is 0 Å². The highest BCUT2D eigenvalue weighted by atomic mass is 16.5. The lowest BCUT2D eigenvalue weighted by atomic mass is 10.0. The summed E-state index contributed by atoms with van der Waals surface area (Å²) in [6, 6.07) is 0. The van der Waals surface area contributed by atoms with Crippen LogP contribution in [0.5, 0.6) is 0 Å². The highest BCUT2D eigenvalue weighted by Crippen LogP contribution is 2.29. The quantitative estimate of drug-likeness (QED) is 0.817. The van der Waals surface area contributed by atoms with Crippen LogP contribution in [0.2, 0.25) is 0 Å². The van der Waals surface area contributed by atoms with Gasteiger partial charge in [-0.15, -0.1) is 0 Å². The third-order valence-corrected chi connectivity index (χ3v) is 3.39. The van der Waals surface area contributed by atoms with Crippen LogP contribution in [-0.2, 0) is 4.74 Å². The van der Waals surface area contributed by atoms with Crippen molar-refractivity contribution in [1.82, 2.24) is 9.97 Å². The molecule has 0 fully saturated rings. The Bertz CT molecular complexity index is 430. The topological polar surface area (TPSA) is 47.0 Å². The average Bonchev–Trinajstić information content (AvgIpc) is 2.35. The van der Waals surface area contributed by atoms with Crippen LogP contribution < -0.4 is 5.32 Å². The fraction of sp³-hybridized carbons (Fsp3) is 0.750. The van der Waals surface area contributed by atoms with Crippen LogP contribution in [0.3, 0.4) is 0 Å². The van der Waals surface area contributed by atoms with Gasteiger partial charge in [0.05, 0.1) is 0 Å². The van der Waals surface area contributed by atoms with Gasteiger partial charge in [-0.05, 0) is 25.2 Å². The summed E-state index contributed by atoms with van der Waals surface area (Å²) in [5.74, 6) is 2.50. The maximum atomic E-state index is 5.56. The Morgan fingerprint density at radius 1 is 1.15 bits per heavy atom. The smallest absolute Gasteiger partial charge is 0.159 e. The summed E-state index contributed by atoms with van der Waals surface area (Å²) in [5.41, 5.74) is 2.26. The minimum absolute atomic E-state index is 0.0583. The highest BCUT2D eigenvalue weighted by molar-refractivity contribution is 5.48. The van der Waals surface area contributed by atoms with Crippen LogP contribution in [-0.4, -0.2) is 23.6 Å². The standard InChI is InChI=1S/C16H29N3O/c1-8-9-17-15-13(10(2)3)12(6)18-16(19-15)14(20-7)11(4)5/h10-11,14H,8-9H2,1-7H3,(H,17,18,19). The lowest BCUT2D eigenvalue weighted by Gasteiger charge is -2.22. The zero-order valence-electron chi connectivity index (χ0n) is 13.9. The fourth-order valence-corrected chi connectivity index (χ4v) is 2.48. The molecule has 114 valence electrons.